The molecule has 0 spiro atoms. The molecule has 0 bridgehead atoms. The molecule has 134 valence electrons. The summed E-state index contributed by atoms with van der Waals surface area (Å²) in [5.41, 5.74) is -0.365. The summed E-state index contributed by atoms with van der Waals surface area (Å²) in [5, 5.41) is 14.0. The molecule has 1 atom stereocenters. The molecule has 0 saturated carbocycles. The van der Waals surface area contributed by atoms with Gasteiger partial charge in [0.2, 0.25) is 5.91 Å². The maximum Gasteiger partial charge on any atom is 0.225 e. The summed E-state index contributed by atoms with van der Waals surface area (Å²) < 4.78 is 1.97. The van der Waals surface area contributed by atoms with E-state index in [1.165, 1.54) is 0 Å². The number of hydrogen-bond acceptors (Lipinski definition) is 4. The lowest BCUT2D eigenvalue weighted by atomic mass is 9.96. The van der Waals surface area contributed by atoms with E-state index in [1.807, 2.05) is 32.4 Å². The number of aromatic nitrogens is 3. The minimum Gasteiger partial charge on any atom is -0.355 e. The first-order chi connectivity index (χ1) is 11.3. The van der Waals surface area contributed by atoms with E-state index in [-0.39, 0.29) is 17.4 Å². The van der Waals surface area contributed by atoms with Crippen molar-refractivity contribution in [1.29, 1.82) is 0 Å². The molecular formula is C16H29N7O. The Morgan fingerprint density at radius 1 is 1.33 bits per heavy atom. The quantitative estimate of drug-likeness (QED) is 0.416. The third-order valence-corrected chi connectivity index (χ3v) is 3.91. The number of carbonyl (C=O) groups is 1. The van der Waals surface area contributed by atoms with Crippen molar-refractivity contribution in [3.05, 3.63) is 11.6 Å². The molecule has 0 aromatic carbocycles. The van der Waals surface area contributed by atoms with E-state index in [9.17, 15) is 4.79 Å². The maximum absolute atomic E-state index is 11.8. The van der Waals surface area contributed by atoms with E-state index in [1.54, 1.807) is 7.05 Å². The summed E-state index contributed by atoms with van der Waals surface area (Å²) >= 11 is 0. The van der Waals surface area contributed by atoms with Crippen LogP contribution in [0.4, 0.5) is 0 Å². The second-order valence-corrected chi connectivity index (χ2v) is 7.14. The van der Waals surface area contributed by atoms with Gasteiger partial charge in [0.15, 0.2) is 5.96 Å². The lowest BCUT2D eigenvalue weighted by Crippen LogP contribution is -2.49. The third-order valence-electron chi connectivity index (χ3n) is 3.91. The highest BCUT2D eigenvalue weighted by Gasteiger charge is 2.22. The molecule has 2 rings (SSSR count). The fourth-order valence-electron chi connectivity index (χ4n) is 2.56. The molecule has 1 aliphatic heterocycles. The van der Waals surface area contributed by atoms with Gasteiger partial charge in [-0.15, -0.1) is 0 Å². The first-order valence-electron chi connectivity index (χ1n) is 8.45. The van der Waals surface area contributed by atoms with E-state index in [0.29, 0.717) is 13.1 Å². The molecule has 0 aliphatic carbocycles. The van der Waals surface area contributed by atoms with Crippen LogP contribution in [0, 0.1) is 12.3 Å². The van der Waals surface area contributed by atoms with Crippen LogP contribution in [0.25, 0.3) is 0 Å². The van der Waals surface area contributed by atoms with Crippen molar-refractivity contribution < 1.29 is 4.79 Å². The largest absolute Gasteiger partial charge is 0.355 e. The fourth-order valence-corrected chi connectivity index (χ4v) is 2.56. The van der Waals surface area contributed by atoms with E-state index >= 15 is 0 Å². The average Bonchev–Trinajstić information content (AvgIpc) is 2.88. The second-order valence-electron chi connectivity index (χ2n) is 7.14. The predicted octanol–water partition coefficient (Wildman–Crippen LogP) is 0.229. The first-order valence-corrected chi connectivity index (χ1v) is 8.45. The van der Waals surface area contributed by atoms with E-state index in [0.717, 1.165) is 37.0 Å². The van der Waals surface area contributed by atoms with Gasteiger partial charge >= 0.3 is 0 Å². The molecule has 1 amide bonds. The Hall–Kier alpha value is -2.12. The van der Waals surface area contributed by atoms with Crippen LogP contribution in [0.3, 0.4) is 0 Å². The van der Waals surface area contributed by atoms with Crippen molar-refractivity contribution in [2.75, 3.05) is 20.1 Å². The zero-order valence-electron chi connectivity index (χ0n) is 15.3. The van der Waals surface area contributed by atoms with Gasteiger partial charge in [-0.3, -0.25) is 9.79 Å². The minimum atomic E-state index is -0.365. The van der Waals surface area contributed by atoms with Crippen molar-refractivity contribution >= 4 is 11.9 Å². The van der Waals surface area contributed by atoms with Gasteiger partial charge in [0, 0.05) is 38.0 Å². The molecule has 1 aliphatic rings. The highest BCUT2D eigenvalue weighted by molar-refractivity contribution is 5.82. The Morgan fingerprint density at radius 2 is 2.04 bits per heavy atom. The predicted molar refractivity (Wildman–Crippen MR) is 93.8 cm³/mol. The van der Waals surface area contributed by atoms with Crippen LogP contribution in [0.15, 0.2) is 4.99 Å². The lowest BCUT2D eigenvalue weighted by molar-refractivity contribution is -0.128. The van der Waals surface area contributed by atoms with E-state index in [2.05, 4.69) is 31.0 Å². The van der Waals surface area contributed by atoms with Crippen LogP contribution in [0.5, 0.6) is 0 Å². The highest BCUT2D eigenvalue weighted by atomic mass is 16.2. The first kappa shape index (κ1) is 18.2. The molecule has 8 nitrogen and oxygen atoms in total. The Morgan fingerprint density at radius 3 is 2.71 bits per heavy atom. The van der Waals surface area contributed by atoms with Gasteiger partial charge in [0.1, 0.15) is 11.6 Å². The monoisotopic (exact) mass is 335 g/mol. The summed E-state index contributed by atoms with van der Waals surface area (Å²) in [5.74, 6) is 2.67. The van der Waals surface area contributed by atoms with Gasteiger partial charge in [-0.05, 0) is 13.3 Å². The summed E-state index contributed by atoms with van der Waals surface area (Å²) in [6, 6.07) is 0.272. The van der Waals surface area contributed by atoms with Crippen LogP contribution < -0.4 is 16.0 Å². The van der Waals surface area contributed by atoms with Crippen LogP contribution in [0.2, 0.25) is 0 Å². The smallest absolute Gasteiger partial charge is 0.225 e. The number of fused-ring (bicyclic) bond motifs is 1. The third kappa shape index (κ3) is 4.94. The zero-order chi connectivity index (χ0) is 17.7. The number of nitrogens with zero attached hydrogens (tertiary/aromatic N) is 4. The van der Waals surface area contributed by atoms with Gasteiger partial charge in [-0.1, -0.05) is 20.8 Å². The second kappa shape index (κ2) is 7.63. The number of amides is 1. The van der Waals surface area contributed by atoms with Crippen LogP contribution in [-0.2, 0) is 17.8 Å². The number of rotatable bonds is 4. The lowest BCUT2D eigenvalue weighted by Gasteiger charge is -2.25. The van der Waals surface area contributed by atoms with E-state index < -0.39 is 0 Å². The van der Waals surface area contributed by atoms with E-state index in [4.69, 9.17) is 0 Å². The molecule has 24 heavy (non-hydrogen) atoms. The Balaban J connectivity index is 1.74. The SMILES string of the molecule is CN=C(NCCNC(=O)C(C)(C)C)NC1CCc2nc(C)nn2C1. The Bertz CT molecular complexity index is 600. The normalized spacial score (nSPS) is 18.0. The zero-order valence-corrected chi connectivity index (χ0v) is 15.3. The summed E-state index contributed by atoms with van der Waals surface area (Å²) in [4.78, 5) is 20.5. The van der Waals surface area contributed by atoms with Gasteiger partial charge in [0.05, 0.1) is 6.54 Å². The van der Waals surface area contributed by atoms with Crippen LogP contribution in [0.1, 0.15) is 38.8 Å². The topological polar surface area (TPSA) is 96.2 Å². The molecule has 8 heteroatoms. The number of carbonyl (C=O) groups excluding carboxylic acids is 1. The fraction of sp³-hybridized carbons (Fsp3) is 0.750. The maximum atomic E-state index is 11.8. The van der Waals surface area contributed by atoms with Crippen molar-refractivity contribution in [2.45, 2.75) is 53.1 Å². The van der Waals surface area contributed by atoms with Crippen molar-refractivity contribution in [2.24, 2.45) is 10.4 Å². The summed E-state index contributed by atoms with van der Waals surface area (Å²) in [7, 11) is 1.75. The minimum absolute atomic E-state index is 0.0496. The molecule has 0 fully saturated rings. The van der Waals surface area contributed by atoms with Crippen molar-refractivity contribution in [1.82, 2.24) is 30.7 Å². The van der Waals surface area contributed by atoms with Crippen molar-refractivity contribution in [3.63, 3.8) is 0 Å². The number of nitrogens with one attached hydrogen (secondary N) is 3. The molecule has 2 heterocycles. The van der Waals surface area contributed by atoms with Gasteiger partial charge in [0.25, 0.3) is 0 Å². The Labute approximate surface area is 143 Å². The number of aliphatic imine (C=N–C) groups is 1. The highest BCUT2D eigenvalue weighted by Crippen LogP contribution is 2.13. The number of guanidine groups is 1. The number of hydrogen-bond donors (Lipinski definition) is 3. The van der Waals surface area contributed by atoms with Gasteiger partial charge in [-0.2, -0.15) is 5.10 Å². The Kier molecular flexibility index (Phi) is 5.80. The molecule has 1 aromatic heterocycles. The molecule has 3 N–H and O–H groups in total. The van der Waals surface area contributed by atoms with Gasteiger partial charge in [-0.25, -0.2) is 9.67 Å². The van der Waals surface area contributed by atoms with Crippen molar-refractivity contribution in [3.8, 4) is 0 Å². The molecule has 0 saturated heterocycles. The molecule has 1 aromatic rings. The van der Waals surface area contributed by atoms with Gasteiger partial charge < -0.3 is 16.0 Å². The molecular weight excluding hydrogens is 306 g/mol. The summed E-state index contributed by atoms with van der Waals surface area (Å²) in [6.45, 7) is 9.60. The molecule has 0 radical (unpaired) electrons. The molecule has 1 unspecified atom stereocenters. The standard InChI is InChI=1S/C16H29N7O/c1-11-20-13-7-6-12(10-23(13)22-11)21-15(17-5)19-9-8-18-14(24)16(2,3)4/h12H,6-10H2,1-5H3,(H,18,24)(H2,17,19,21). The summed E-state index contributed by atoms with van der Waals surface area (Å²) in [6.07, 6.45) is 1.91. The number of aryl methyl sites for hydroxylation is 2. The average molecular weight is 335 g/mol. The van der Waals surface area contributed by atoms with Crippen LogP contribution in [-0.4, -0.2) is 52.8 Å². The van der Waals surface area contributed by atoms with Crippen LogP contribution >= 0.6 is 0 Å².